The van der Waals surface area contributed by atoms with Crippen molar-refractivity contribution in [3.63, 3.8) is 0 Å². The molecule has 0 radical (unpaired) electrons. The minimum Gasteiger partial charge on any atom is -0.496 e. The number of carbonyl (C=O) groups is 1. The number of nitrogens with zero attached hydrogens (tertiary/aromatic N) is 1. The van der Waals surface area contributed by atoms with Gasteiger partial charge in [-0.25, -0.2) is 0 Å². The van der Waals surface area contributed by atoms with E-state index in [-0.39, 0.29) is 6.42 Å². The molecule has 0 aromatic heterocycles. The van der Waals surface area contributed by atoms with E-state index in [1.165, 1.54) is 0 Å². The molecule has 1 aromatic rings. The number of carboxylic acids is 1. The molecule has 4 heteroatoms. The summed E-state index contributed by atoms with van der Waals surface area (Å²) in [6.07, 6.45) is 0.140. The largest absolute Gasteiger partial charge is 0.496 e. The molecule has 17 heavy (non-hydrogen) atoms. The number of aliphatic carboxylic acids is 1. The monoisotopic (exact) mass is 237 g/mol. The zero-order chi connectivity index (χ0) is 13.0. The van der Waals surface area contributed by atoms with Gasteiger partial charge in [0.2, 0.25) is 0 Å². The van der Waals surface area contributed by atoms with E-state index in [9.17, 15) is 4.79 Å². The molecule has 0 atom stereocenters. The second-order valence-electron chi connectivity index (χ2n) is 4.18. The molecule has 1 N–H and O–H groups in total. The molecule has 0 bridgehead atoms. The smallest absolute Gasteiger partial charge is 0.305 e. The molecule has 0 aliphatic carbocycles. The Hall–Kier alpha value is -1.71. The Balaban J connectivity index is 2.88. The van der Waals surface area contributed by atoms with Gasteiger partial charge in [0.1, 0.15) is 5.75 Å². The lowest BCUT2D eigenvalue weighted by Crippen LogP contribution is -2.21. The normalized spacial score (nSPS) is 10.1. The highest BCUT2D eigenvalue weighted by atomic mass is 16.5. The summed E-state index contributed by atoms with van der Waals surface area (Å²) in [6, 6.07) is 4.02. The fraction of sp³-hybridized carbons (Fsp3) is 0.462. The molecule has 94 valence electrons. The quantitative estimate of drug-likeness (QED) is 0.853. The zero-order valence-electron chi connectivity index (χ0n) is 10.8. The van der Waals surface area contributed by atoms with E-state index in [1.807, 2.05) is 37.9 Å². The van der Waals surface area contributed by atoms with E-state index < -0.39 is 5.97 Å². The molecule has 0 aliphatic rings. The number of benzene rings is 1. The second kappa shape index (κ2) is 5.57. The maximum atomic E-state index is 10.5. The Labute approximate surface area is 102 Å². The number of anilines is 1. The number of hydrogen-bond donors (Lipinski definition) is 1. The van der Waals surface area contributed by atoms with Gasteiger partial charge in [0.15, 0.2) is 0 Å². The van der Waals surface area contributed by atoms with Crippen molar-refractivity contribution in [3.8, 4) is 5.75 Å². The lowest BCUT2D eigenvalue weighted by atomic mass is 10.1. The first kappa shape index (κ1) is 13.4. The van der Waals surface area contributed by atoms with Gasteiger partial charge in [-0.1, -0.05) is 0 Å². The Morgan fingerprint density at radius 1 is 1.35 bits per heavy atom. The van der Waals surface area contributed by atoms with Crippen LogP contribution in [0.4, 0.5) is 5.69 Å². The fourth-order valence-electron chi connectivity index (χ4n) is 1.86. The number of carboxylic acid groups (broad SMARTS) is 1. The minimum atomic E-state index is -0.779. The summed E-state index contributed by atoms with van der Waals surface area (Å²) in [6.45, 7) is 4.47. The lowest BCUT2D eigenvalue weighted by molar-refractivity contribution is -0.136. The highest BCUT2D eigenvalue weighted by Gasteiger charge is 2.09. The predicted octanol–water partition coefficient (Wildman–Crippen LogP) is 2.22. The molecule has 0 saturated carbocycles. The standard InChI is InChI=1S/C13H19NO3/c1-9-7-11(8-10(2)13(9)17-4)14(3)6-5-12(15)16/h7-8H,5-6H2,1-4H3,(H,15,16). The molecule has 0 fully saturated rings. The third-order valence-electron chi connectivity index (χ3n) is 2.75. The molecule has 0 amide bonds. The summed E-state index contributed by atoms with van der Waals surface area (Å²) in [5.41, 5.74) is 3.14. The SMILES string of the molecule is COc1c(C)cc(N(C)CCC(=O)O)cc1C. The summed E-state index contributed by atoms with van der Waals surface area (Å²) in [5.74, 6) is 0.110. The topological polar surface area (TPSA) is 49.8 Å². The Morgan fingerprint density at radius 2 is 1.88 bits per heavy atom. The van der Waals surface area contributed by atoms with E-state index in [0.29, 0.717) is 6.54 Å². The van der Waals surface area contributed by atoms with Gasteiger partial charge in [-0.2, -0.15) is 0 Å². The van der Waals surface area contributed by atoms with Crippen molar-refractivity contribution < 1.29 is 14.6 Å². The van der Waals surface area contributed by atoms with Crippen molar-refractivity contribution in [2.75, 3.05) is 25.6 Å². The van der Waals surface area contributed by atoms with Crippen molar-refractivity contribution in [2.45, 2.75) is 20.3 Å². The summed E-state index contributed by atoms with van der Waals surface area (Å²) in [4.78, 5) is 12.5. The summed E-state index contributed by atoms with van der Waals surface area (Å²) < 4.78 is 5.30. The second-order valence-corrected chi connectivity index (χ2v) is 4.18. The van der Waals surface area contributed by atoms with Crippen LogP contribution in [0, 0.1) is 13.8 Å². The number of aryl methyl sites for hydroxylation is 2. The molecule has 0 spiro atoms. The van der Waals surface area contributed by atoms with E-state index in [1.54, 1.807) is 7.11 Å². The Kier molecular flexibility index (Phi) is 4.37. The van der Waals surface area contributed by atoms with Gasteiger partial charge in [0.05, 0.1) is 13.5 Å². The van der Waals surface area contributed by atoms with Crippen LogP contribution >= 0.6 is 0 Å². The molecular formula is C13H19NO3. The van der Waals surface area contributed by atoms with Gasteiger partial charge in [0, 0.05) is 19.3 Å². The average molecular weight is 237 g/mol. The molecule has 0 unspecified atom stereocenters. The first-order valence-electron chi connectivity index (χ1n) is 5.54. The average Bonchev–Trinajstić information content (AvgIpc) is 2.25. The number of methoxy groups -OCH3 is 1. The van der Waals surface area contributed by atoms with Crippen molar-refractivity contribution in [2.24, 2.45) is 0 Å². The van der Waals surface area contributed by atoms with Crippen LogP contribution in [0.3, 0.4) is 0 Å². The molecule has 0 aliphatic heterocycles. The minimum absolute atomic E-state index is 0.140. The Morgan fingerprint density at radius 3 is 2.29 bits per heavy atom. The van der Waals surface area contributed by atoms with Gasteiger partial charge >= 0.3 is 5.97 Å². The predicted molar refractivity (Wildman–Crippen MR) is 68.0 cm³/mol. The van der Waals surface area contributed by atoms with Crippen LogP contribution in [0.1, 0.15) is 17.5 Å². The number of ether oxygens (including phenoxy) is 1. The van der Waals surface area contributed by atoms with Crippen LogP contribution in [0.2, 0.25) is 0 Å². The maximum Gasteiger partial charge on any atom is 0.305 e. The van der Waals surface area contributed by atoms with Crippen LogP contribution in [-0.4, -0.2) is 31.8 Å². The van der Waals surface area contributed by atoms with Crippen LogP contribution in [0.25, 0.3) is 0 Å². The van der Waals surface area contributed by atoms with Gasteiger partial charge in [0.25, 0.3) is 0 Å². The van der Waals surface area contributed by atoms with E-state index in [4.69, 9.17) is 9.84 Å². The summed E-state index contributed by atoms with van der Waals surface area (Å²) in [7, 11) is 3.55. The number of rotatable bonds is 5. The summed E-state index contributed by atoms with van der Waals surface area (Å²) in [5, 5.41) is 8.65. The third-order valence-corrected chi connectivity index (χ3v) is 2.75. The van der Waals surface area contributed by atoms with Crippen molar-refractivity contribution >= 4 is 11.7 Å². The first-order valence-corrected chi connectivity index (χ1v) is 5.54. The van der Waals surface area contributed by atoms with E-state index in [0.717, 1.165) is 22.6 Å². The molecule has 0 heterocycles. The van der Waals surface area contributed by atoms with Crippen molar-refractivity contribution in [1.82, 2.24) is 0 Å². The highest BCUT2D eigenvalue weighted by Crippen LogP contribution is 2.28. The van der Waals surface area contributed by atoms with Crippen LogP contribution in [0.15, 0.2) is 12.1 Å². The van der Waals surface area contributed by atoms with Crippen molar-refractivity contribution in [1.29, 1.82) is 0 Å². The Bertz CT molecular complexity index is 392. The fourth-order valence-corrected chi connectivity index (χ4v) is 1.86. The van der Waals surface area contributed by atoms with Crippen LogP contribution < -0.4 is 9.64 Å². The molecule has 4 nitrogen and oxygen atoms in total. The van der Waals surface area contributed by atoms with E-state index >= 15 is 0 Å². The lowest BCUT2D eigenvalue weighted by Gasteiger charge is -2.21. The van der Waals surface area contributed by atoms with Gasteiger partial charge < -0.3 is 14.7 Å². The van der Waals surface area contributed by atoms with Crippen LogP contribution in [0.5, 0.6) is 5.75 Å². The van der Waals surface area contributed by atoms with Gasteiger partial charge in [-0.15, -0.1) is 0 Å². The molecule has 0 saturated heterocycles. The number of hydrogen-bond acceptors (Lipinski definition) is 3. The van der Waals surface area contributed by atoms with Gasteiger partial charge in [-0.05, 0) is 37.1 Å². The zero-order valence-corrected chi connectivity index (χ0v) is 10.8. The van der Waals surface area contributed by atoms with E-state index in [2.05, 4.69) is 0 Å². The van der Waals surface area contributed by atoms with Gasteiger partial charge in [-0.3, -0.25) is 4.79 Å². The first-order chi connectivity index (χ1) is 7.95. The maximum absolute atomic E-state index is 10.5. The summed E-state index contributed by atoms with van der Waals surface area (Å²) >= 11 is 0. The van der Waals surface area contributed by atoms with Crippen molar-refractivity contribution in [3.05, 3.63) is 23.3 Å². The molecule has 1 rings (SSSR count). The third kappa shape index (κ3) is 3.37. The molecular weight excluding hydrogens is 218 g/mol. The highest BCUT2D eigenvalue weighted by molar-refractivity contribution is 5.68. The van der Waals surface area contributed by atoms with Crippen LogP contribution in [-0.2, 0) is 4.79 Å². The molecule has 1 aromatic carbocycles.